The van der Waals surface area contributed by atoms with Gasteiger partial charge in [0.15, 0.2) is 12.4 Å². The largest absolute Gasteiger partial charge is 0.758 e. The molecule has 1 aromatic heterocycles. The van der Waals surface area contributed by atoms with Crippen molar-refractivity contribution in [2.24, 2.45) is 4.99 Å². The first kappa shape index (κ1) is 20.6. The zero-order valence-electron chi connectivity index (χ0n) is 16.3. The van der Waals surface area contributed by atoms with Crippen LogP contribution in [0.4, 0.5) is 0 Å². The van der Waals surface area contributed by atoms with E-state index < -0.39 is 6.04 Å². The van der Waals surface area contributed by atoms with Gasteiger partial charge < -0.3 is 27.3 Å². The van der Waals surface area contributed by atoms with Gasteiger partial charge in [0, 0.05) is 17.7 Å². The first-order valence-corrected chi connectivity index (χ1v) is 10.3. The van der Waals surface area contributed by atoms with Gasteiger partial charge in [-0.25, -0.2) is 0 Å². The maximum absolute atomic E-state index is 13.3. The van der Waals surface area contributed by atoms with E-state index in [2.05, 4.69) is 11.9 Å². The second-order valence-electron chi connectivity index (χ2n) is 6.97. The molecular formula is C22H28N3O2S+. The molecule has 1 aromatic carbocycles. The van der Waals surface area contributed by atoms with Crippen LogP contribution < -0.4 is 9.47 Å². The second-order valence-corrected chi connectivity index (χ2v) is 7.39. The highest BCUT2D eigenvalue weighted by Gasteiger charge is 2.28. The van der Waals surface area contributed by atoms with Gasteiger partial charge in [-0.05, 0) is 17.0 Å². The molecule has 0 bridgehead atoms. The third-order valence-corrected chi connectivity index (χ3v) is 5.45. The summed E-state index contributed by atoms with van der Waals surface area (Å²) in [6.45, 7) is 7.24. The number of aromatic nitrogens is 1. The van der Waals surface area contributed by atoms with Gasteiger partial charge in [0.2, 0.25) is 11.8 Å². The molecule has 28 heavy (non-hydrogen) atoms. The van der Waals surface area contributed by atoms with Crippen molar-refractivity contribution in [3.63, 3.8) is 0 Å². The molecule has 5 nitrogen and oxygen atoms in total. The highest BCUT2D eigenvalue weighted by molar-refractivity contribution is 7.77. The molecule has 1 atom stereocenters. The summed E-state index contributed by atoms with van der Waals surface area (Å²) in [5, 5.41) is 0.438. The summed E-state index contributed by atoms with van der Waals surface area (Å²) < 4.78 is 7.25. The van der Waals surface area contributed by atoms with E-state index in [9.17, 15) is 4.79 Å². The zero-order chi connectivity index (χ0) is 19.8. The third-order valence-electron chi connectivity index (χ3n) is 5.10. The van der Waals surface area contributed by atoms with Gasteiger partial charge in [0.05, 0.1) is 26.3 Å². The van der Waals surface area contributed by atoms with E-state index >= 15 is 0 Å². The van der Waals surface area contributed by atoms with Crippen molar-refractivity contribution >= 4 is 23.5 Å². The van der Waals surface area contributed by atoms with Gasteiger partial charge in [-0.2, -0.15) is 4.57 Å². The van der Waals surface area contributed by atoms with E-state index in [0.29, 0.717) is 17.2 Å². The number of nitrogens with one attached hydrogen (secondary N) is 1. The number of Topliss-reactive ketones (excluding diaryl/α,β-unsaturated/α-hetero) is 1. The number of rotatable bonds is 8. The highest BCUT2D eigenvalue weighted by Crippen LogP contribution is 2.13. The molecule has 1 aliphatic heterocycles. The van der Waals surface area contributed by atoms with Gasteiger partial charge >= 0.3 is 0 Å². The lowest BCUT2D eigenvalue weighted by Gasteiger charge is -2.24. The van der Waals surface area contributed by atoms with Gasteiger partial charge in [0.25, 0.3) is 0 Å². The first-order chi connectivity index (χ1) is 13.7. The lowest BCUT2D eigenvalue weighted by molar-refractivity contribution is -0.906. The summed E-state index contributed by atoms with van der Waals surface area (Å²) in [6, 6.07) is 12.9. The summed E-state index contributed by atoms with van der Waals surface area (Å²) in [6.07, 6.45) is 4.69. The number of morpholine rings is 1. The van der Waals surface area contributed by atoms with E-state index in [4.69, 9.17) is 17.4 Å². The number of ether oxygens (including phenoxy) is 1. The number of hydrogen-bond acceptors (Lipinski definition) is 4. The minimum atomic E-state index is -0.594. The molecule has 148 valence electrons. The summed E-state index contributed by atoms with van der Waals surface area (Å²) in [7, 11) is 0. The molecule has 0 unspecified atom stereocenters. The second kappa shape index (κ2) is 10.4. The van der Waals surface area contributed by atoms with E-state index in [1.54, 1.807) is 0 Å². The van der Waals surface area contributed by atoms with Crippen LogP contribution in [0.3, 0.4) is 0 Å². The summed E-state index contributed by atoms with van der Waals surface area (Å²) in [5.41, 5.74) is 1.87. The van der Waals surface area contributed by atoms with Gasteiger partial charge in [-0.3, -0.25) is 4.79 Å². The molecule has 2 aromatic rings. The number of benzene rings is 1. The average molecular weight is 399 g/mol. The van der Waals surface area contributed by atoms with Crippen LogP contribution in [0.25, 0.3) is 0 Å². The maximum atomic E-state index is 13.3. The number of aliphatic imine (C=N–C) groups is 1. The number of aryl methyl sites for hydroxylation is 1. The third kappa shape index (κ3) is 5.44. The Kier molecular flexibility index (Phi) is 7.65. The minimum Gasteiger partial charge on any atom is -0.758 e. The van der Waals surface area contributed by atoms with Gasteiger partial charge in [0.1, 0.15) is 13.1 Å². The first-order valence-electron chi connectivity index (χ1n) is 9.90. The number of quaternary nitrogens is 1. The van der Waals surface area contributed by atoms with Crippen LogP contribution in [-0.4, -0.2) is 50.2 Å². The number of carbonyl (C=O) groups excluding carboxylic acids is 1. The van der Waals surface area contributed by atoms with Crippen LogP contribution >= 0.6 is 0 Å². The van der Waals surface area contributed by atoms with Crippen molar-refractivity contribution in [3.8, 4) is 0 Å². The lowest BCUT2D eigenvalue weighted by atomic mass is 10.0. The molecule has 6 heteroatoms. The van der Waals surface area contributed by atoms with E-state index in [-0.39, 0.29) is 5.78 Å². The van der Waals surface area contributed by atoms with Crippen molar-refractivity contribution in [3.05, 3.63) is 66.0 Å². The van der Waals surface area contributed by atoms with E-state index in [1.165, 1.54) is 10.5 Å². The van der Waals surface area contributed by atoms with Crippen LogP contribution in [0.15, 0.2) is 59.9 Å². The Balaban J connectivity index is 1.77. The molecule has 2 heterocycles. The fourth-order valence-electron chi connectivity index (χ4n) is 3.34. The van der Waals surface area contributed by atoms with Crippen molar-refractivity contribution in [1.82, 2.24) is 0 Å². The lowest BCUT2D eigenvalue weighted by Crippen LogP contribution is -3.14. The predicted molar refractivity (Wildman–Crippen MR) is 112 cm³/mol. The molecule has 1 fully saturated rings. The van der Waals surface area contributed by atoms with Gasteiger partial charge in [-0.1, -0.05) is 37.3 Å². The summed E-state index contributed by atoms with van der Waals surface area (Å²) >= 11 is 5.61. The van der Waals surface area contributed by atoms with Gasteiger partial charge in [-0.15, -0.1) is 0 Å². The molecule has 1 N–H and O–H groups in total. The molecule has 0 aliphatic carbocycles. The molecule has 3 rings (SSSR count). The Labute approximate surface area is 172 Å². The smallest absolute Gasteiger partial charge is 0.237 e. The summed E-state index contributed by atoms with van der Waals surface area (Å²) in [4.78, 5) is 19.3. The number of pyridine rings is 1. The Hall–Kier alpha value is -2.15. The fourth-order valence-corrected chi connectivity index (χ4v) is 3.66. The van der Waals surface area contributed by atoms with E-state index in [1.807, 2.05) is 59.4 Å². The average Bonchev–Trinajstić information content (AvgIpc) is 2.75. The van der Waals surface area contributed by atoms with Crippen LogP contribution in [0.5, 0.6) is 0 Å². The van der Waals surface area contributed by atoms with Crippen LogP contribution in [0, 0.1) is 0 Å². The maximum Gasteiger partial charge on any atom is 0.237 e. The monoisotopic (exact) mass is 398 g/mol. The van der Waals surface area contributed by atoms with Crippen LogP contribution in [0.1, 0.15) is 28.9 Å². The summed E-state index contributed by atoms with van der Waals surface area (Å²) in [5.74, 6) is -0.0219. The Morgan fingerprint density at radius 3 is 2.50 bits per heavy atom. The quantitative estimate of drug-likeness (QED) is 0.236. The molecular weight excluding hydrogens is 370 g/mol. The number of carbonyl (C=O) groups is 1. The molecule has 0 amide bonds. The van der Waals surface area contributed by atoms with Crippen molar-refractivity contribution in [2.75, 3.05) is 39.4 Å². The molecule has 0 spiro atoms. The number of ketones is 1. The standard InChI is InChI=1S/C22H27N3O2S/c1-2-18-6-8-19(9-7-18)21(26)20(25-11-4-3-5-12-25)22(28)23-10-13-24-14-16-27-17-15-24/h3-9,11-12,20H,2,10,13-17H2,1H3/p+1/t20-/m0/s1. The molecule has 0 saturated carbocycles. The molecule has 1 saturated heterocycles. The Morgan fingerprint density at radius 2 is 1.86 bits per heavy atom. The Bertz CT molecular complexity index is 787. The highest BCUT2D eigenvalue weighted by atomic mass is 32.1. The normalized spacial score (nSPS) is 16.7. The van der Waals surface area contributed by atoms with Crippen LogP contribution in [0.2, 0.25) is 0 Å². The van der Waals surface area contributed by atoms with Crippen molar-refractivity contribution < 1.29 is 19.0 Å². The SMILES string of the molecule is CCc1ccc(C(=O)[C@@H](C([S-])=NCC[NH+]2CCOCC2)[n+]2ccccc2)cc1. The molecule has 1 aliphatic rings. The van der Waals surface area contributed by atoms with Crippen LogP contribution in [-0.2, 0) is 23.8 Å². The topological polar surface area (TPSA) is 47.0 Å². The van der Waals surface area contributed by atoms with Crippen molar-refractivity contribution in [2.45, 2.75) is 19.4 Å². The Morgan fingerprint density at radius 1 is 1.18 bits per heavy atom. The number of hydrogen-bond donors (Lipinski definition) is 1. The van der Waals surface area contributed by atoms with E-state index in [0.717, 1.165) is 39.3 Å². The number of nitrogens with zero attached hydrogens (tertiary/aromatic N) is 2. The molecule has 0 radical (unpaired) electrons. The minimum absolute atomic E-state index is 0.0219. The van der Waals surface area contributed by atoms with Crippen molar-refractivity contribution in [1.29, 1.82) is 0 Å². The predicted octanol–water partition coefficient (Wildman–Crippen LogP) is 0.821. The zero-order valence-corrected chi connectivity index (χ0v) is 17.2. The fraction of sp³-hybridized carbons (Fsp3) is 0.409.